The molecule has 2 N–H and O–H groups in total. The summed E-state index contributed by atoms with van der Waals surface area (Å²) in [6.45, 7) is 2.00. The van der Waals surface area contributed by atoms with Gasteiger partial charge in [-0.3, -0.25) is 9.59 Å². The summed E-state index contributed by atoms with van der Waals surface area (Å²) in [6.07, 6.45) is 0. The average molecular weight is 313 g/mol. The number of aromatic nitrogens is 1. The van der Waals surface area contributed by atoms with Gasteiger partial charge in [0, 0.05) is 25.7 Å². The molecule has 3 rings (SSSR count). The van der Waals surface area contributed by atoms with E-state index in [9.17, 15) is 9.59 Å². The number of ether oxygens (including phenoxy) is 1. The van der Waals surface area contributed by atoms with Crippen molar-refractivity contribution in [2.75, 3.05) is 26.7 Å². The molecule has 0 unspecified atom stereocenters. The van der Waals surface area contributed by atoms with E-state index in [1.54, 1.807) is 24.1 Å². The molecule has 6 heteroatoms. The number of carbonyl (C=O) groups is 1. The Morgan fingerprint density at radius 1 is 1.22 bits per heavy atom. The fraction of sp³-hybridized carbons (Fsp3) is 0.294. The molecule has 2 aromatic rings. The monoisotopic (exact) mass is 313 g/mol. The van der Waals surface area contributed by atoms with E-state index in [4.69, 9.17) is 4.74 Å². The third-order valence-corrected chi connectivity index (χ3v) is 4.00. The van der Waals surface area contributed by atoms with Crippen LogP contribution in [0.25, 0.3) is 0 Å². The highest BCUT2D eigenvalue weighted by atomic mass is 16.5. The van der Waals surface area contributed by atoms with Crippen LogP contribution in [-0.4, -0.2) is 42.5 Å². The lowest BCUT2D eigenvalue weighted by Gasteiger charge is -2.36. The number of carbonyl (C=O) groups excluding carboxylic acids is 1. The zero-order valence-corrected chi connectivity index (χ0v) is 12.9. The van der Waals surface area contributed by atoms with Gasteiger partial charge in [0.2, 0.25) is 5.56 Å². The van der Waals surface area contributed by atoms with E-state index in [0.29, 0.717) is 18.8 Å². The third-order valence-electron chi connectivity index (χ3n) is 4.00. The van der Waals surface area contributed by atoms with Gasteiger partial charge >= 0.3 is 0 Å². The molecule has 0 aliphatic carbocycles. The standard InChI is InChI=1S/C17H19N3O3/c1-23-13-7-5-12(6-8-13)15-11-18-9-10-20(15)17(22)14-3-2-4-16(21)19-14/h2-8,15,18H,9-11H2,1H3,(H,19,21)/t15-/m0/s1. The van der Waals surface area contributed by atoms with Crippen LogP contribution in [0.1, 0.15) is 22.1 Å². The van der Waals surface area contributed by atoms with E-state index >= 15 is 0 Å². The summed E-state index contributed by atoms with van der Waals surface area (Å²) in [6, 6.07) is 12.2. The molecule has 2 heterocycles. The molecule has 1 saturated heterocycles. The van der Waals surface area contributed by atoms with Crippen molar-refractivity contribution in [2.24, 2.45) is 0 Å². The molecular weight excluding hydrogens is 294 g/mol. The maximum Gasteiger partial charge on any atom is 0.270 e. The topological polar surface area (TPSA) is 74.4 Å². The van der Waals surface area contributed by atoms with E-state index in [2.05, 4.69) is 10.3 Å². The number of H-pyrrole nitrogens is 1. The number of benzene rings is 1. The van der Waals surface area contributed by atoms with Gasteiger partial charge in [0.25, 0.3) is 5.91 Å². The van der Waals surface area contributed by atoms with E-state index < -0.39 is 0 Å². The molecule has 120 valence electrons. The van der Waals surface area contributed by atoms with Crippen LogP contribution < -0.4 is 15.6 Å². The summed E-state index contributed by atoms with van der Waals surface area (Å²) in [5.74, 6) is 0.618. The van der Waals surface area contributed by atoms with Crippen LogP contribution in [0, 0.1) is 0 Å². The van der Waals surface area contributed by atoms with Gasteiger partial charge in [0.15, 0.2) is 0 Å². The van der Waals surface area contributed by atoms with Crippen molar-refractivity contribution in [2.45, 2.75) is 6.04 Å². The minimum absolute atomic E-state index is 0.0779. The van der Waals surface area contributed by atoms with Gasteiger partial charge in [-0.1, -0.05) is 18.2 Å². The van der Waals surface area contributed by atoms with Crippen LogP contribution in [0.15, 0.2) is 47.3 Å². The lowest BCUT2D eigenvalue weighted by molar-refractivity contribution is 0.0628. The number of hydrogen-bond donors (Lipinski definition) is 2. The molecule has 1 aliphatic heterocycles. The molecule has 1 aliphatic rings. The zero-order chi connectivity index (χ0) is 16.2. The van der Waals surface area contributed by atoms with Crippen molar-refractivity contribution in [1.82, 2.24) is 15.2 Å². The van der Waals surface area contributed by atoms with Crippen molar-refractivity contribution in [3.63, 3.8) is 0 Å². The van der Waals surface area contributed by atoms with Crippen LogP contribution in [0.4, 0.5) is 0 Å². The first-order valence-electron chi connectivity index (χ1n) is 7.54. The lowest BCUT2D eigenvalue weighted by Crippen LogP contribution is -2.49. The van der Waals surface area contributed by atoms with E-state index in [1.165, 1.54) is 6.07 Å². The first-order chi connectivity index (χ1) is 11.2. The fourth-order valence-corrected chi connectivity index (χ4v) is 2.80. The average Bonchev–Trinajstić information content (AvgIpc) is 2.61. The van der Waals surface area contributed by atoms with Crippen molar-refractivity contribution >= 4 is 5.91 Å². The van der Waals surface area contributed by atoms with Crippen molar-refractivity contribution in [3.05, 3.63) is 64.1 Å². The second-order valence-electron chi connectivity index (χ2n) is 5.42. The van der Waals surface area contributed by atoms with E-state index in [1.807, 2.05) is 24.3 Å². The highest BCUT2D eigenvalue weighted by Gasteiger charge is 2.29. The molecule has 0 radical (unpaired) electrons. The fourth-order valence-electron chi connectivity index (χ4n) is 2.80. The predicted molar refractivity (Wildman–Crippen MR) is 86.7 cm³/mol. The molecular formula is C17H19N3O3. The number of hydrogen-bond acceptors (Lipinski definition) is 4. The number of nitrogens with one attached hydrogen (secondary N) is 2. The number of aromatic amines is 1. The zero-order valence-electron chi connectivity index (χ0n) is 12.9. The van der Waals surface area contributed by atoms with Crippen molar-refractivity contribution in [3.8, 4) is 5.75 Å². The number of rotatable bonds is 3. The molecule has 0 saturated carbocycles. The summed E-state index contributed by atoms with van der Waals surface area (Å²) in [5.41, 5.74) is 1.08. The van der Waals surface area contributed by atoms with Gasteiger partial charge in [-0.25, -0.2) is 0 Å². The molecule has 1 aromatic heterocycles. The smallest absolute Gasteiger partial charge is 0.270 e. The number of nitrogens with zero attached hydrogens (tertiary/aromatic N) is 1. The number of pyridine rings is 1. The largest absolute Gasteiger partial charge is 0.497 e. The van der Waals surface area contributed by atoms with Crippen LogP contribution >= 0.6 is 0 Å². The minimum Gasteiger partial charge on any atom is -0.497 e. The Morgan fingerprint density at radius 3 is 2.70 bits per heavy atom. The lowest BCUT2D eigenvalue weighted by atomic mass is 10.0. The molecule has 0 bridgehead atoms. The molecule has 6 nitrogen and oxygen atoms in total. The van der Waals surface area contributed by atoms with Gasteiger partial charge < -0.3 is 19.9 Å². The highest BCUT2D eigenvalue weighted by Crippen LogP contribution is 2.25. The predicted octanol–water partition coefficient (Wildman–Crippen LogP) is 1.17. The number of methoxy groups -OCH3 is 1. The number of amides is 1. The molecule has 23 heavy (non-hydrogen) atoms. The summed E-state index contributed by atoms with van der Waals surface area (Å²) in [7, 11) is 1.62. The van der Waals surface area contributed by atoms with Crippen LogP contribution in [0.2, 0.25) is 0 Å². The summed E-state index contributed by atoms with van der Waals surface area (Å²) < 4.78 is 5.18. The molecule has 1 aromatic carbocycles. The molecule has 1 amide bonds. The Labute approximate surface area is 134 Å². The molecule has 1 atom stereocenters. The van der Waals surface area contributed by atoms with Gasteiger partial charge in [-0.05, 0) is 23.8 Å². The van der Waals surface area contributed by atoms with E-state index in [0.717, 1.165) is 17.9 Å². The first-order valence-corrected chi connectivity index (χ1v) is 7.54. The van der Waals surface area contributed by atoms with Gasteiger partial charge in [-0.15, -0.1) is 0 Å². The second kappa shape index (κ2) is 6.66. The summed E-state index contributed by atoms with van der Waals surface area (Å²) in [5, 5.41) is 3.31. The van der Waals surface area contributed by atoms with Crippen LogP contribution in [0.3, 0.4) is 0 Å². The van der Waals surface area contributed by atoms with Gasteiger partial charge in [0.05, 0.1) is 13.2 Å². The Bertz CT molecular complexity index is 739. The summed E-state index contributed by atoms with van der Waals surface area (Å²) in [4.78, 5) is 28.6. The van der Waals surface area contributed by atoms with Gasteiger partial charge in [-0.2, -0.15) is 0 Å². The minimum atomic E-state index is -0.271. The Morgan fingerprint density at radius 2 is 2.00 bits per heavy atom. The van der Waals surface area contributed by atoms with E-state index in [-0.39, 0.29) is 17.5 Å². The van der Waals surface area contributed by atoms with Crippen LogP contribution in [-0.2, 0) is 0 Å². The Hall–Kier alpha value is -2.60. The Balaban J connectivity index is 1.88. The summed E-state index contributed by atoms with van der Waals surface area (Å²) >= 11 is 0. The maximum atomic E-state index is 12.8. The molecule has 0 spiro atoms. The van der Waals surface area contributed by atoms with Crippen LogP contribution in [0.5, 0.6) is 5.75 Å². The van der Waals surface area contributed by atoms with Gasteiger partial charge in [0.1, 0.15) is 11.4 Å². The Kier molecular flexibility index (Phi) is 4.43. The molecule has 1 fully saturated rings. The normalized spacial score (nSPS) is 17.8. The van der Waals surface area contributed by atoms with Crippen molar-refractivity contribution in [1.29, 1.82) is 0 Å². The maximum absolute atomic E-state index is 12.8. The number of piperazine rings is 1. The first kappa shape index (κ1) is 15.3. The third kappa shape index (κ3) is 3.27. The SMILES string of the molecule is COc1ccc([C@@H]2CNCCN2C(=O)c2cccc(=O)[nH]2)cc1. The highest BCUT2D eigenvalue weighted by molar-refractivity contribution is 5.92. The van der Waals surface area contributed by atoms with Crippen molar-refractivity contribution < 1.29 is 9.53 Å². The second-order valence-corrected chi connectivity index (χ2v) is 5.42. The quantitative estimate of drug-likeness (QED) is 0.892.